The summed E-state index contributed by atoms with van der Waals surface area (Å²) in [5, 5.41) is 3.58. The van der Waals surface area contributed by atoms with Gasteiger partial charge in [-0.3, -0.25) is 9.89 Å². The van der Waals surface area contributed by atoms with E-state index < -0.39 is 12.7 Å². The number of hydrogen-bond acceptors (Lipinski definition) is 2. The van der Waals surface area contributed by atoms with E-state index >= 15 is 0 Å². The van der Waals surface area contributed by atoms with Gasteiger partial charge in [0.25, 0.3) is 0 Å². The van der Waals surface area contributed by atoms with Crippen LogP contribution in [0.3, 0.4) is 0 Å². The van der Waals surface area contributed by atoms with Gasteiger partial charge in [0.2, 0.25) is 0 Å². The van der Waals surface area contributed by atoms with E-state index in [1.54, 1.807) is 6.92 Å². The lowest BCUT2D eigenvalue weighted by molar-refractivity contribution is -0.146. The fourth-order valence-electron chi connectivity index (χ4n) is 3.76. The summed E-state index contributed by atoms with van der Waals surface area (Å²) in [4.78, 5) is 8.36. The first-order chi connectivity index (χ1) is 11.9. The van der Waals surface area contributed by atoms with Crippen LogP contribution in [-0.4, -0.2) is 67.2 Å². The van der Waals surface area contributed by atoms with Crippen molar-refractivity contribution in [2.45, 2.75) is 58.7 Å². The van der Waals surface area contributed by atoms with Crippen LogP contribution in [0.5, 0.6) is 0 Å². The topological polar surface area (TPSA) is 30.9 Å². The summed E-state index contributed by atoms with van der Waals surface area (Å²) in [6, 6.07) is 0.529. The molecule has 0 aromatic rings. The van der Waals surface area contributed by atoms with Crippen LogP contribution in [0.25, 0.3) is 0 Å². The molecular formula is C18H33F3N4. The van der Waals surface area contributed by atoms with Gasteiger partial charge in [-0.15, -0.1) is 0 Å². The van der Waals surface area contributed by atoms with Crippen LogP contribution < -0.4 is 5.32 Å². The largest absolute Gasteiger partial charge is 0.401 e. The zero-order chi connectivity index (χ0) is 18.4. The molecule has 3 atom stereocenters. The average molecular weight is 362 g/mol. The molecule has 0 bridgehead atoms. The van der Waals surface area contributed by atoms with Crippen molar-refractivity contribution < 1.29 is 13.2 Å². The Morgan fingerprint density at radius 1 is 1.28 bits per heavy atom. The fourth-order valence-corrected chi connectivity index (χ4v) is 3.76. The van der Waals surface area contributed by atoms with Gasteiger partial charge in [0.1, 0.15) is 0 Å². The monoisotopic (exact) mass is 362 g/mol. The molecule has 0 aromatic heterocycles. The number of halogens is 3. The van der Waals surface area contributed by atoms with Gasteiger partial charge in [0.15, 0.2) is 5.96 Å². The van der Waals surface area contributed by atoms with Crippen LogP contribution in [0, 0.1) is 11.8 Å². The van der Waals surface area contributed by atoms with Crippen molar-refractivity contribution in [2.24, 2.45) is 16.8 Å². The number of hydrogen-bond donors (Lipinski definition) is 1. The number of rotatable bonds is 8. The molecule has 1 saturated carbocycles. The van der Waals surface area contributed by atoms with Crippen LogP contribution in [0.15, 0.2) is 4.99 Å². The Hall–Kier alpha value is -0.980. The molecule has 0 spiro atoms. The standard InChI is InChI=1S/C18H33F3N4/c1-4-7-15-10-16(15)23-17(22-5-2)25-9-8-14(12-25)11-24(6-3)13-18(19,20)21/h14-16H,4-13H2,1-3H3,(H,22,23). The number of guanidine groups is 1. The van der Waals surface area contributed by atoms with Gasteiger partial charge >= 0.3 is 6.18 Å². The summed E-state index contributed by atoms with van der Waals surface area (Å²) in [6.45, 7) is 8.56. The summed E-state index contributed by atoms with van der Waals surface area (Å²) >= 11 is 0. The SMILES string of the molecule is CCCC1CC1NC(=NCC)N1CCC(CN(CC)CC(F)(F)F)C1. The van der Waals surface area contributed by atoms with E-state index in [1.807, 2.05) is 6.92 Å². The number of nitrogens with zero attached hydrogens (tertiary/aromatic N) is 3. The van der Waals surface area contributed by atoms with E-state index in [0.29, 0.717) is 19.1 Å². The van der Waals surface area contributed by atoms with Crippen LogP contribution >= 0.6 is 0 Å². The van der Waals surface area contributed by atoms with Crippen LogP contribution in [0.4, 0.5) is 13.2 Å². The van der Waals surface area contributed by atoms with Crippen LogP contribution in [0.2, 0.25) is 0 Å². The summed E-state index contributed by atoms with van der Waals surface area (Å²) in [5.74, 6) is 1.98. The van der Waals surface area contributed by atoms with Crippen LogP contribution in [0.1, 0.15) is 46.5 Å². The Bertz CT molecular complexity index is 439. The minimum atomic E-state index is -4.12. The number of aliphatic imine (C=N–C) groups is 1. The predicted molar refractivity (Wildman–Crippen MR) is 95.8 cm³/mol. The molecule has 1 N–H and O–H groups in total. The first-order valence-corrected chi connectivity index (χ1v) is 9.71. The Morgan fingerprint density at radius 3 is 2.64 bits per heavy atom. The molecule has 2 fully saturated rings. The van der Waals surface area contributed by atoms with Crippen molar-refractivity contribution in [1.29, 1.82) is 0 Å². The van der Waals surface area contributed by atoms with Gasteiger partial charge in [0.05, 0.1) is 6.54 Å². The quantitative estimate of drug-likeness (QED) is 0.531. The summed E-state index contributed by atoms with van der Waals surface area (Å²) in [6.07, 6.45) is 0.485. The van der Waals surface area contributed by atoms with Crippen molar-refractivity contribution in [3.63, 3.8) is 0 Å². The molecule has 0 radical (unpaired) electrons. The van der Waals surface area contributed by atoms with Gasteiger partial charge in [-0.25, -0.2) is 0 Å². The normalized spacial score (nSPS) is 27.2. The van der Waals surface area contributed by atoms with Gasteiger partial charge in [0, 0.05) is 32.2 Å². The Morgan fingerprint density at radius 2 is 2.04 bits per heavy atom. The van der Waals surface area contributed by atoms with E-state index in [4.69, 9.17) is 0 Å². The maximum Gasteiger partial charge on any atom is 0.401 e. The minimum absolute atomic E-state index is 0.275. The second kappa shape index (κ2) is 9.10. The third kappa shape index (κ3) is 6.68. The lowest BCUT2D eigenvalue weighted by Gasteiger charge is -2.26. The maximum atomic E-state index is 12.6. The molecule has 0 amide bonds. The highest BCUT2D eigenvalue weighted by Gasteiger charge is 2.38. The third-order valence-electron chi connectivity index (χ3n) is 5.16. The molecule has 7 heteroatoms. The molecule has 2 rings (SSSR count). The summed E-state index contributed by atoms with van der Waals surface area (Å²) in [5.41, 5.74) is 0. The molecule has 1 heterocycles. The lowest BCUT2D eigenvalue weighted by Crippen LogP contribution is -2.43. The smallest absolute Gasteiger partial charge is 0.353 e. The van der Waals surface area contributed by atoms with Gasteiger partial charge in [-0.1, -0.05) is 20.3 Å². The molecule has 146 valence electrons. The van der Waals surface area contributed by atoms with Crippen molar-refractivity contribution in [3.05, 3.63) is 0 Å². The molecule has 25 heavy (non-hydrogen) atoms. The van der Waals surface area contributed by atoms with Gasteiger partial charge < -0.3 is 10.2 Å². The molecule has 4 nitrogen and oxygen atoms in total. The highest BCUT2D eigenvalue weighted by Crippen LogP contribution is 2.35. The first-order valence-electron chi connectivity index (χ1n) is 9.71. The molecule has 1 saturated heterocycles. The Balaban J connectivity index is 1.83. The fraction of sp³-hybridized carbons (Fsp3) is 0.944. The van der Waals surface area contributed by atoms with Gasteiger partial charge in [-0.05, 0) is 44.6 Å². The van der Waals surface area contributed by atoms with E-state index in [1.165, 1.54) is 24.2 Å². The van der Waals surface area contributed by atoms with Crippen molar-refractivity contribution in [2.75, 3.05) is 39.3 Å². The molecule has 1 aliphatic heterocycles. The number of likely N-dealkylation sites (tertiary alicyclic amines) is 1. The molecule has 0 aromatic carbocycles. The maximum absolute atomic E-state index is 12.6. The second-order valence-corrected chi connectivity index (χ2v) is 7.38. The summed E-state index contributed by atoms with van der Waals surface area (Å²) < 4.78 is 37.9. The first kappa shape index (κ1) is 20.3. The van der Waals surface area contributed by atoms with E-state index in [0.717, 1.165) is 37.9 Å². The van der Waals surface area contributed by atoms with Gasteiger partial charge in [-0.2, -0.15) is 13.2 Å². The lowest BCUT2D eigenvalue weighted by atomic mass is 10.1. The molecule has 3 unspecified atom stereocenters. The molecular weight excluding hydrogens is 329 g/mol. The number of nitrogens with one attached hydrogen (secondary N) is 1. The highest BCUT2D eigenvalue weighted by atomic mass is 19.4. The zero-order valence-corrected chi connectivity index (χ0v) is 15.8. The third-order valence-corrected chi connectivity index (χ3v) is 5.16. The van der Waals surface area contributed by atoms with E-state index in [9.17, 15) is 13.2 Å². The van der Waals surface area contributed by atoms with Crippen LogP contribution in [-0.2, 0) is 0 Å². The Kier molecular flexibility index (Phi) is 7.40. The number of alkyl halides is 3. The second-order valence-electron chi connectivity index (χ2n) is 7.38. The van der Waals surface area contributed by atoms with Crippen molar-refractivity contribution >= 4 is 5.96 Å². The summed E-state index contributed by atoms with van der Waals surface area (Å²) in [7, 11) is 0. The Labute approximate surface area is 149 Å². The van der Waals surface area contributed by atoms with E-state index in [-0.39, 0.29) is 5.92 Å². The average Bonchev–Trinajstić information content (AvgIpc) is 3.08. The van der Waals surface area contributed by atoms with Crippen molar-refractivity contribution in [3.8, 4) is 0 Å². The van der Waals surface area contributed by atoms with E-state index in [2.05, 4.69) is 22.1 Å². The molecule has 2 aliphatic rings. The zero-order valence-electron chi connectivity index (χ0n) is 15.8. The predicted octanol–water partition coefficient (Wildman–Crippen LogP) is 3.35. The van der Waals surface area contributed by atoms with Crippen molar-refractivity contribution in [1.82, 2.24) is 15.1 Å². The minimum Gasteiger partial charge on any atom is -0.353 e. The highest BCUT2D eigenvalue weighted by molar-refractivity contribution is 5.81. The molecule has 1 aliphatic carbocycles.